The van der Waals surface area contributed by atoms with Gasteiger partial charge < -0.3 is 9.47 Å². The van der Waals surface area contributed by atoms with Crippen LogP contribution < -0.4 is 4.74 Å². The number of nitroso groups, excluding NO2 is 1. The van der Waals surface area contributed by atoms with Gasteiger partial charge in [0.1, 0.15) is 5.75 Å². The Morgan fingerprint density at radius 2 is 1.95 bits per heavy atom. The first-order valence-electron chi connectivity index (χ1n) is 6.95. The summed E-state index contributed by atoms with van der Waals surface area (Å²) in [7, 11) is 0. The summed E-state index contributed by atoms with van der Waals surface area (Å²) >= 11 is 0. The van der Waals surface area contributed by atoms with Crippen molar-refractivity contribution in [3.8, 4) is 5.75 Å². The van der Waals surface area contributed by atoms with Gasteiger partial charge in [-0.1, -0.05) is 29.8 Å². The molecule has 0 aliphatic carbocycles. The molecular formula is C15H21NO4. The first-order chi connectivity index (χ1) is 9.77. The molecule has 0 bridgehead atoms. The molecule has 5 nitrogen and oxygen atoms in total. The fraction of sp³-hybridized carbons (Fsp3) is 0.533. The molecule has 1 aromatic carbocycles. The highest BCUT2D eigenvalue weighted by atomic mass is 16.5. The number of hydrogen-bond donors (Lipinski definition) is 0. The Hall–Kier alpha value is -1.91. The molecule has 20 heavy (non-hydrogen) atoms. The van der Waals surface area contributed by atoms with Crippen LogP contribution in [0.2, 0.25) is 0 Å². The van der Waals surface area contributed by atoms with Crippen LogP contribution in [0.3, 0.4) is 0 Å². The second-order valence-electron chi connectivity index (χ2n) is 4.38. The van der Waals surface area contributed by atoms with E-state index in [0.717, 1.165) is 25.0 Å². The van der Waals surface area contributed by atoms with Crippen molar-refractivity contribution in [3.05, 3.63) is 35.2 Å². The molecule has 0 heterocycles. The van der Waals surface area contributed by atoms with Crippen molar-refractivity contribution in [3.63, 3.8) is 0 Å². The molecule has 110 valence electrons. The molecule has 0 aliphatic heterocycles. The third-order valence-corrected chi connectivity index (χ3v) is 2.82. The van der Waals surface area contributed by atoms with E-state index in [2.05, 4.69) is 5.18 Å². The van der Waals surface area contributed by atoms with Crippen LogP contribution in [-0.2, 0) is 9.53 Å². The summed E-state index contributed by atoms with van der Waals surface area (Å²) in [6, 6.07) is 8.74. The highest BCUT2D eigenvalue weighted by Crippen LogP contribution is 2.11. The average molecular weight is 279 g/mol. The van der Waals surface area contributed by atoms with E-state index in [1.54, 1.807) is 6.92 Å². The number of unbranched alkanes of at least 4 members (excludes halogenated alkanes) is 2. The number of hydrogen-bond acceptors (Lipinski definition) is 5. The molecule has 1 aromatic rings. The monoisotopic (exact) mass is 279 g/mol. The summed E-state index contributed by atoms with van der Waals surface area (Å²) in [5, 5.41) is 2.82. The molecular weight excluding hydrogens is 258 g/mol. The van der Waals surface area contributed by atoms with Crippen molar-refractivity contribution in [2.45, 2.75) is 38.6 Å². The van der Waals surface area contributed by atoms with Gasteiger partial charge in [0.2, 0.25) is 0 Å². The van der Waals surface area contributed by atoms with Crippen LogP contribution in [0.25, 0.3) is 0 Å². The number of benzene rings is 1. The maximum Gasteiger partial charge on any atom is 0.334 e. The van der Waals surface area contributed by atoms with Crippen LogP contribution in [0.4, 0.5) is 0 Å². The fourth-order valence-electron chi connectivity index (χ4n) is 1.78. The van der Waals surface area contributed by atoms with Crippen LogP contribution in [0.1, 0.15) is 32.6 Å². The number of rotatable bonds is 10. The quantitative estimate of drug-likeness (QED) is 0.374. The van der Waals surface area contributed by atoms with Gasteiger partial charge >= 0.3 is 5.97 Å². The van der Waals surface area contributed by atoms with E-state index in [1.807, 2.05) is 30.3 Å². The molecule has 0 saturated carbocycles. The average Bonchev–Trinajstić information content (AvgIpc) is 2.48. The summed E-state index contributed by atoms with van der Waals surface area (Å²) < 4.78 is 10.3. The van der Waals surface area contributed by atoms with Crippen molar-refractivity contribution in [2.24, 2.45) is 5.18 Å². The lowest BCUT2D eigenvalue weighted by molar-refractivity contribution is -0.144. The van der Waals surface area contributed by atoms with Gasteiger partial charge in [0.05, 0.1) is 13.2 Å². The van der Waals surface area contributed by atoms with Crippen LogP contribution in [0.5, 0.6) is 5.75 Å². The van der Waals surface area contributed by atoms with E-state index in [0.29, 0.717) is 13.0 Å². The van der Waals surface area contributed by atoms with E-state index in [-0.39, 0.29) is 6.61 Å². The molecule has 1 rings (SSSR count). The Bertz CT molecular complexity index is 394. The molecule has 5 heteroatoms. The predicted molar refractivity (Wildman–Crippen MR) is 76.6 cm³/mol. The minimum absolute atomic E-state index is 0.274. The fourth-order valence-corrected chi connectivity index (χ4v) is 1.78. The largest absolute Gasteiger partial charge is 0.494 e. The molecule has 0 fully saturated rings. The lowest BCUT2D eigenvalue weighted by Crippen LogP contribution is -2.21. The maximum atomic E-state index is 11.3. The van der Waals surface area contributed by atoms with Crippen LogP contribution >= 0.6 is 0 Å². The Balaban J connectivity index is 2.09. The molecule has 1 atom stereocenters. The van der Waals surface area contributed by atoms with Crippen molar-refractivity contribution in [2.75, 3.05) is 13.2 Å². The Morgan fingerprint density at radius 3 is 2.60 bits per heavy atom. The smallest absolute Gasteiger partial charge is 0.334 e. The van der Waals surface area contributed by atoms with Gasteiger partial charge in [-0.05, 0) is 38.3 Å². The number of ether oxygens (including phenoxy) is 2. The van der Waals surface area contributed by atoms with Crippen molar-refractivity contribution >= 4 is 5.97 Å². The summed E-state index contributed by atoms with van der Waals surface area (Å²) in [4.78, 5) is 21.9. The molecule has 0 N–H and O–H groups in total. The minimum atomic E-state index is -0.870. The molecule has 0 aromatic heterocycles. The number of carbonyl (C=O) groups excluding carboxylic acids is 1. The van der Waals surface area contributed by atoms with E-state index < -0.39 is 12.0 Å². The zero-order valence-corrected chi connectivity index (χ0v) is 11.8. The highest BCUT2D eigenvalue weighted by Gasteiger charge is 2.19. The van der Waals surface area contributed by atoms with Crippen molar-refractivity contribution in [1.29, 1.82) is 0 Å². The molecule has 0 radical (unpaired) electrons. The molecule has 0 saturated heterocycles. The van der Waals surface area contributed by atoms with Crippen molar-refractivity contribution in [1.82, 2.24) is 0 Å². The lowest BCUT2D eigenvalue weighted by atomic mass is 10.1. The zero-order chi connectivity index (χ0) is 14.6. The Kier molecular flexibility index (Phi) is 8.03. The first kappa shape index (κ1) is 16.1. The number of carbonyl (C=O) groups is 1. The number of para-hydroxylation sites is 1. The van der Waals surface area contributed by atoms with Gasteiger partial charge in [0.15, 0.2) is 6.04 Å². The Labute approximate surface area is 119 Å². The van der Waals surface area contributed by atoms with Gasteiger partial charge in [-0.2, -0.15) is 0 Å². The van der Waals surface area contributed by atoms with Gasteiger partial charge in [-0.25, -0.2) is 4.79 Å². The van der Waals surface area contributed by atoms with Crippen molar-refractivity contribution < 1.29 is 14.3 Å². The Morgan fingerprint density at radius 1 is 1.20 bits per heavy atom. The summed E-state index contributed by atoms with van der Waals surface area (Å²) in [5.41, 5.74) is 0. The molecule has 0 spiro atoms. The van der Waals surface area contributed by atoms with Crippen LogP contribution in [0.15, 0.2) is 35.5 Å². The van der Waals surface area contributed by atoms with Gasteiger partial charge in [-0.15, -0.1) is 4.91 Å². The van der Waals surface area contributed by atoms with Gasteiger partial charge in [0, 0.05) is 0 Å². The normalized spacial score (nSPS) is 11.7. The third kappa shape index (κ3) is 6.31. The molecule has 1 unspecified atom stereocenters. The van der Waals surface area contributed by atoms with E-state index in [4.69, 9.17) is 9.47 Å². The second kappa shape index (κ2) is 9.95. The maximum absolute atomic E-state index is 11.3. The summed E-state index contributed by atoms with van der Waals surface area (Å²) in [6.07, 6.45) is 2.96. The van der Waals surface area contributed by atoms with E-state index >= 15 is 0 Å². The zero-order valence-electron chi connectivity index (χ0n) is 11.8. The summed E-state index contributed by atoms with van der Waals surface area (Å²) in [6.45, 7) is 2.61. The second-order valence-corrected chi connectivity index (χ2v) is 4.38. The van der Waals surface area contributed by atoms with Gasteiger partial charge in [0.25, 0.3) is 0 Å². The SMILES string of the molecule is CCOC(=O)C(CCCCCOc1ccccc1)N=O. The standard InChI is InChI=1S/C15H21NO4/c1-2-19-15(17)14(16-18)11-7-4-8-12-20-13-9-5-3-6-10-13/h3,5-6,9-10,14H,2,4,7-8,11-12H2,1H3. The number of nitrogens with zero attached hydrogens (tertiary/aromatic N) is 1. The van der Waals surface area contributed by atoms with Crippen LogP contribution in [0, 0.1) is 4.91 Å². The molecule has 0 amide bonds. The topological polar surface area (TPSA) is 65.0 Å². The summed E-state index contributed by atoms with van der Waals surface area (Å²) in [5.74, 6) is 0.328. The van der Waals surface area contributed by atoms with Gasteiger partial charge in [-0.3, -0.25) is 0 Å². The third-order valence-electron chi connectivity index (χ3n) is 2.82. The van der Waals surface area contributed by atoms with Crippen LogP contribution in [-0.4, -0.2) is 25.2 Å². The lowest BCUT2D eigenvalue weighted by Gasteiger charge is -2.08. The number of esters is 1. The van der Waals surface area contributed by atoms with E-state index in [9.17, 15) is 9.70 Å². The predicted octanol–water partition coefficient (Wildman–Crippen LogP) is 3.32. The van der Waals surface area contributed by atoms with E-state index in [1.165, 1.54) is 0 Å². The first-order valence-corrected chi connectivity index (χ1v) is 6.95. The minimum Gasteiger partial charge on any atom is -0.494 e. The highest BCUT2D eigenvalue weighted by molar-refractivity contribution is 5.75. The molecule has 0 aliphatic rings.